The van der Waals surface area contributed by atoms with Crippen LogP contribution < -0.4 is 4.90 Å². The van der Waals surface area contributed by atoms with Crippen molar-refractivity contribution in [2.24, 2.45) is 0 Å². The average molecular weight is 368 g/mol. The van der Waals surface area contributed by atoms with E-state index >= 15 is 0 Å². The van der Waals surface area contributed by atoms with Crippen molar-refractivity contribution in [3.05, 3.63) is 45.6 Å². The predicted octanol–water partition coefficient (Wildman–Crippen LogP) is 3.52. The first-order valence-corrected chi connectivity index (χ1v) is 8.19. The number of benzene rings is 1. The van der Waals surface area contributed by atoms with Gasteiger partial charge in [0.1, 0.15) is 12.4 Å². The highest BCUT2D eigenvalue weighted by Gasteiger charge is 2.29. The minimum atomic E-state index is -0.371. The fraction of sp³-hybridized carbons (Fsp3) is 0.312. The van der Waals surface area contributed by atoms with Crippen LogP contribution in [0.2, 0.25) is 10.0 Å². The van der Waals surface area contributed by atoms with Gasteiger partial charge in [-0.1, -0.05) is 28.4 Å². The third kappa shape index (κ3) is 3.39. The van der Waals surface area contributed by atoms with Crippen molar-refractivity contribution < 1.29 is 14.1 Å². The van der Waals surface area contributed by atoms with Crippen LogP contribution in [-0.2, 0) is 4.79 Å². The van der Waals surface area contributed by atoms with Crippen LogP contribution in [0.5, 0.6) is 0 Å². The molecule has 1 aliphatic heterocycles. The number of likely N-dealkylation sites (tertiary alicyclic amines) is 1. The molecule has 1 aliphatic rings. The normalized spacial score (nSPS) is 14.3. The number of aromatic nitrogens is 1. The lowest BCUT2D eigenvalue weighted by Gasteiger charge is -2.26. The highest BCUT2D eigenvalue weighted by Crippen LogP contribution is 2.25. The summed E-state index contributed by atoms with van der Waals surface area (Å²) in [6, 6.07) is 6.29. The van der Waals surface area contributed by atoms with Crippen molar-refractivity contribution in [3.63, 3.8) is 0 Å². The van der Waals surface area contributed by atoms with Crippen LogP contribution >= 0.6 is 23.2 Å². The Morgan fingerprint density at radius 3 is 2.75 bits per heavy atom. The quantitative estimate of drug-likeness (QED) is 0.828. The van der Waals surface area contributed by atoms with E-state index in [1.165, 1.54) is 11.0 Å². The molecule has 0 bridgehead atoms. The van der Waals surface area contributed by atoms with E-state index in [9.17, 15) is 9.59 Å². The van der Waals surface area contributed by atoms with Gasteiger partial charge in [0, 0.05) is 24.1 Å². The van der Waals surface area contributed by atoms with E-state index in [1.807, 2.05) is 0 Å². The minimum Gasteiger partial charge on any atom is -0.360 e. The second-order valence-electron chi connectivity index (χ2n) is 5.56. The highest BCUT2D eigenvalue weighted by molar-refractivity contribution is 6.37. The summed E-state index contributed by atoms with van der Waals surface area (Å²) in [4.78, 5) is 27.9. The van der Waals surface area contributed by atoms with Crippen LogP contribution in [-0.4, -0.2) is 35.1 Å². The molecule has 3 rings (SSSR count). The van der Waals surface area contributed by atoms with Crippen LogP contribution in [0.3, 0.4) is 0 Å². The van der Waals surface area contributed by atoms with Gasteiger partial charge in [0.05, 0.1) is 10.6 Å². The molecule has 0 atom stereocenters. The van der Waals surface area contributed by atoms with E-state index in [-0.39, 0.29) is 29.1 Å². The number of hydrogen-bond acceptors (Lipinski definition) is 4. The zero-order chi connectivity index (χ0) is 17.3. The Labute approximate surface area is 148 Å². The summed E-state index contributed by atoms with van der Waals surface area (Å²) < 4.78 is 5.07. The predicted molar refractivity (Wildman–Crippen MR) is 90.3 cm³/mol. The molecule has 126 valence electrons. The largest absolute Gasteiger partial charge is 0.360 e. The van der Waals surface area contributed by atoms with Gasteiger partial charge < -0.3 is 9.42 Å². The molecule has 1 saturated heterocycles. The van der Waals surface area contributed by atoms with Gasteiger partial charge in [0.15, 0.2) is 5.82 Å². The summed E-state index contributed by atoms with van der Waals surface area (Å²) in [5.41, 5.74) is 0.286. The lowest BCUT2D eigenvalue weighted by molar-refractivity contribution is -0.127. The molecule has 1 aromatic carbocycles. The average Bonchev–Trinajstić information content (AvgIpc) is 3.13. The lowest BCUT2D eigenvalue weighted by atomic mass is 10.2. The van der Waals surface area contributed by atoms with E-state index in [2.05, 4.69) is 5.16 Å². The number of aryl methyl sites for hydroxylation is 1. The van der Waals surface area contributed by atoms with Crippen molar-refractivity contribution in [2.75, 3.05) is 18.1 Å². The van der Waals surface area contributed by atoms with Gasteiger partial charge in [-0.25, -0.2) is 0 Å². The molecule has 2 amide bonds. The van der Waals surface area contributed by atoms with Gasteiger partial charge in [0.2, 0.25) is 5.91 Å². The summed E-state index contributed by atoms with van der Waals surface area (Å²) in [5, 5.41) is 4.58. The number of nitrogens with zero attached hydrogens (tertiary/aromatic N) is 3. The maximum Gasteiger partial charge on any atom is 0.262 e. The second-order valence-corrected chi connectivity index (χ2v) is 6.40. The molecule has 0 N–H and O–H groups in total. The maximum atomic E-state index is 13.0. The third-order valence-electron chi connectivity index (χ3n) is 3.78. The van der Waals surface area contributed by atoms with Gasteiger partial charge in [-0.15, -0.1) is 0 Å². The van der Waals surface area contributed by atoms with Crippen molar-refractivity contribution >= 4 is 40.8 Å². The SMILES string of the molecule is Cc1cc(N(CN2CCCC2=O)C(=O)c2ccc(Cl)cc2Cl)no1. The Hall–Kier alpha value is -2.05. The molecule has 8 heteroatoms. The standard InChI is InChI=1S/C16H15Cl2N3O3/c1-10-7-14(19-24-10)21(9-20-6-2-3-15(20)22)16(23)12-5-4-11(17)8-13(12)18/h4-5,7-8H,2-3,6,9H2,1H3. The van der Waals surface area contributed by atoms with Gasteiger partial charge in [0.25, 0.3) is 5.91 Å². The number of rotatable bonds is 4. The molecule has 0 unspecified atom stereocenters. The molecular weight excluding hydrogens is 353 g/mol. The van der Waals surface area contributed by atoms with E-state index < -0.39 is 0 Å². The number of hydrogen-bond donors (Lipinski definition) is 0. The van der Waals surface area contributed by atoms with Crippen molar-refractivity contribution in [1.29, 1.82) is 0 Å². The van der Waals surface area contributed by atoms with E-state index in [0.29, 0.717) is 29.6 Å². The van der Waals surface area contributed by atoms with Crippen molar-refractivity contribution in [3.8, 4) is 0 Å². The number of anilines is 1. The first-order valence-electron chi connectivity index (χ1n) is 7.43. The zero-order valence-electron chi connectivity index (χ0n) is 13.0. The molecule has 0 aliphatic carbocycles. The number of carbonyl (C=O) groups excluding carboxylic acids is 2. The molecular formula is C16H15Cl2N3O3. The molecule has 0 radical (unpaired) electrons. The Bertz CT molecular complexity index is 791. The molecule has 2 aromatic rings. The van der Waals surface area contributed by atoms with Crippen molar-refractivity contribution in [1.82, 2.24) is 10.1 Å². The van der Waals surface area contributed by atoms with E-state index in [1.54, 1.807) is 30.0 Å². The summed E-state index contributed by atoms with van der Waals surface area (Å²) in [6.07, 6.45) is 1.27. The number of amides is 2. The van der Waals surface area contributed by atoms with Crippen molar-refractivity contribution in [2.45, 2.75) is 19.8 Å². The molecule has 0 spiro atoms. The monoisotopic (exact) mass is 367 g/mol. The van der Waals surface area contributed by atoms with Gasteiger partial charge in [-0.05, 0) is 31.5 Å². The Kier molecular flexibility index (Phi) is 4.78. The topological polar surface area (TPSA) is 66.7 Å². The molecule has 1 aromatic heterocycles. The number of carbonyl (C=O) groups is 2. The van der Waals surface area contributed by atoms with E-state index in [0.717, 1.165) is 6.42 Å². The fourth-order valence-corrected chi connectivity index (χ4v) is 3.04. The zero-order valence-corrected chi connectivity index (χ0v) is 14.5. The van der Waals surface area contributed by atoms with Gasteiger partial charge >= 0.3 is 0 Å². The van der Waals surface area contributed by atoms with Gasteiger partial charge in [-0.2, -0.15) is 0 Å². The van der Waals surface area contributed by atoms with E-state index in [4.69, 9.17) is 27.7 Å². The fourth-order valence-electron chi connectivity index (χ4n) is 2.55. The molecule has 24 heavy (non-hydrogen) atoms. The Morgan fingerprint density at radius 2 is 2.17 bits per heavy atom. The summed E-state index contributed by atoms with van der Waals surface area (Å²) in [6.45, 7) is 2.44. The third-order valence-corrected chi connectivity index (χ3v) is 4.33. The van der Waals surface area contributed by atoms with Crippen LogP contribution in [0.4, 0.5) is 5.82 Å². The first kappa shape index (κ1) is 16.8. The Morgan fingerprint density at radius 1 is 1.38 bits per heavy atom. The summed E-state index contributed by atoms with van der Waals surface area (Å²) >= 11 is 12.0. The maximum absolute atomic E-state index is 13.0. The second kappa shape index (κ2) is 6.83. The molecule has 2 heterocycles. The van der Waals surface area contributed by atoms with Crippen LogP contribution in [0.1, 0.15) is 29.0 Å². The minimum absolute atomic E-state index is 0.00946. The molecule has 0 saturated carbocycles. The van der Waals surface area contributed by atoms with Crippen LogP contribution in [0, 0.1) is 6.92 Å². The smallest absolute Gasteiger partial charge is 0.262 e. The summed E-state index contributed by atoms with van der Waals surface area (Å²) in [7, 11) is 0. The Balaban J connectivity index is 1.94. The lowest BCUT2D eigenvalue weighted by Crippen LogP contribution is -2.42. The first-order chi connectivity index (χ1) is 11.5. The number of halogens is 2. The van der Waals surface area contributed by atoms with Gasteiger partial charge in [-0.3, -0.25) is 14.5 Å². The van der Waals surface area contributed by atoms with Crippen LogP contribution in [0.25, 0.3) is 0 Å². The molecule has 6 nitrogen and oxygen atoms in total. The molecule has 1 fully saturated rings. The highest BCUT2D eigenvalue weighted by atomic mass is 35.5. The van der Waals surface area contributed by atoms with Crippen LogP contribution in [0.15, 0.2) is 28.8 Å². The summed E-state index contributed by atoms with van der Waals surface area (Å²) in [5.74, 6) is 0.542.